The summed E-state index contributed by atoms with van der Waals surface area (Å²) in [6.45, 7) is 4.36. The van der Waals surface area contributed by atoms with Gasteiger partial charge in [-0.3, -0.25) is 24.3 Å². The number of hydrogen-bond donors (Lipinski definition) is 2. The smallest absolute Gasteiger partial charge is 0.245 e. The van der Waals surface area contributed by atoms with E-state index in [4.69, 9.17) is 4.74 Å². The summed E-state index contributed by atoms with van der Waals surface area (Å²) in [4.78, 5) is 47.1. The summed E-state index contributed by atoms with van der Waals surface area (Å²) in [5.41, 5.74) is 1.85. The first-order valence-corrected chi connectivity index (χ1v) is 12.5. The van der Waals surface area contributed by atoms with Crippen molar-refractivity contribution in [2.24, 2.45) is 0 Å². The number of aromatic nitrogens is 1. The molecule has 9 nitrogen and oxygen atoms in total. The van der Waals surface area contributed by atoms with E-state index in [1.807, 2.05) is 42.5 Å². The maximum atomic E-state index is 13.4. The van der Waals surface area contributed by atoms with Gasteiger partial charge in [-0.15, -0.1) is 0 Å². The second-order valence-corrected chi connectivity index (χ2v) is 9.14. The fourth-order valence-electron chi connectivity index (χ4n) is 4.19. The molecule has 1 saturated heterocycles. The summed E-state index contributed by atoms with van der Waals surface area (Å²) in [6.07, 6.45) is 3.81. The number of methoxy groups -OCH3 is 1. The van der Waals surface area contributed by atoms with Crippen molar-refractivity contribution in [1.82, 2.24) is 25.4 Å². The number of ether oxygens (including phenoxy) is 1. The van der Waals surface area contributed by atoms with Crippen LogP contribution in [0.4, 0.5) is 0 Å². The van der Waals surface area contributed by atoms with Crippen LogP contribution in [0.15, 0.2) is 48.7 Å². The zero-order valence-electron chi connectivity index (χ0n) is 21.4. The lowest BCUT2D eigenvalue weighted by molar-refractivity contribution is -0.141. The summed E-state index contributed by atoms with van der Waals surface area (Å²) in [7, 11) is 3.20. The standard InChI is InChI=1S/C27H37N5O4/c1-20-26(34)29-15-7-17-32(19-22-8-4-5-14-28-22)16-6-9-25(33)30-24(27(35)31(20)2)18-21-10-12-23(36-3)13-11-21/h4-5,8,10-14,20,24H,6-7,9,15-19H2,1-3H3,(H,29,34)(H,30,33)/t20-,24-/m0/s1. The van der Waals surface area contributed by atoms with Gasteiger partial charge < -0.3 is 20.3 Å². The van der Waals surface area contributed by atoms with Crippen LogP contribution in [0.1, 0.15) is 37.4 Å². The first-order valence-electron chi connectivity index (χ1n) is 12.5. The van der Waals surface area contributed by atoms with Crippen molar-refractivity contribution in [3.05, 3.63) is 59.9 Å². The highest BCUT2D eigenvalue weighted by molar-refractivity contribution is 5.92. The summed E-state index contributed by atoms with van der Waals surface area (Å²) in [5.74, 6) is 0.0221. The molecule has 2 aromatic rings. The van der Waals surface area contributed by atoms with Crippen LogP contribution < -0.4 is 15.4 Å². The van der Waals surface area contributed by atoms with Gasteiger partial charge in [0.2, 0.25) is 17.7 Å². The molecule has 3 amide bonds. The van der Waals surface area contributed by atoms with Crippen molar-refractivity contribution in [2.75, 3.05) is 33.8 Å². The molecule has 0 aliphatic carbocycles. The third-order valence-electron chi connectivity index (χ3n) is 6.48. The van der Waals surface area contributed by atoms with E-state index in [1.54, 1.807) is 27.3 Å². The highest BCUT2D eigenvalue weighted by Crippen LogP contribution is 2.14. The number of carbonyl (C=O) groups is 3. The Hall–Kier alpha value is -3.46. The number of nitrogens with zero attached hydrogens (tertiary/aromatic N) is 3. The molecule has 0 saturated carbocycles. The van der Waals surface area contributed by atoms with Crippen LogP contribution in [-0.4, -0.2) is 78.4 Å². The molecule has 1 fully saturated rings. The van der Waals surface area contributed by atoms with E-state index >= 15 is 0 Å². The fraction of sp³-hybridized carbons (Fsp3) is 0.481. The van der Waals surface area contributed by atoms with Gasteiger partial charge in [0.15, 0.2) is 0 Å². The Morgan fingerprint density at radius 1 is 1.06 bits per heavy atom. The number of pyridine rings is 1. The van der Waals surface area contributed by atoms with Gasteiger partial charge >= 0.3 is 0 Å². The Morgan fingerprint density at radius 2 is 1.81 bits per heavy atom. The van der Waals surface area contributed by atoms with Gasteiger partial charge in [-0.05, 0) is 56.1 Å². The van der Waals surface area contributed by atoms with Gasteiger partial charge in [0.05, 0.1) is 12.8 Å². The Bertz CT molecular complexity index is 999. The van der Waals surface area contributed by atoms with Crippen molar-refractivity contribution < 1.29 is 19.1 Å². The predicted molar refractivity (Wildman–Crippen MR) is 137 cm³/mol. The molecule has 1 aliphatic heterocycles. The largest absolute Gasteiger partial charge is 0.497 e. The van der Waals surface area contributed by atoms with Crippen molar-refractivity contribution in [3.63, 3.8) is 0 Å². The molecule has 2 heterocycles. The van der Waals surface area contributed by atoms with Crippen LogP contribution in [-0.2, 0) is 27.3 Å². The number of carbonyl (C=O) groups excluding carboxylic acids is 3. The van der Waals surface area contributed by atoms with Crippen LogP contribution in [0.25, 0.3) is 0 Å². The minimum absolute atomic E-state index is 0.181. The first-order chi connectivity index (χ1) is 17.4. The van der Waals surface area contributed by atoms with Gasteiger partial charge in [0, 0.05) is 45.7 Å². The molecular formula is C27H37N5O4. The minimum Gasteiger partial charge on any atom is -0.497 e. The van der Waals surface area contributed by atoms with E-state index in [1.165, 1.54) is 4.90 Å². The number of benzene rings is 1. The van der Waals surface area contributed by atoms with Crippen LogP contribution in [0.5, 0.6) is 5.75 Å². The zero-order valence-corrected chi connectivity index (χ0v) is 21.4. The lowest BCUT2D eigenvalue weighted by Crippen LogP contribution is -2.54. The van der Waals surface area contributed by atoms with E-state index in [2.05, 4.69) is 20.5 Å². The van der Waals surface area contributed by atoms with E-state index in [0.29, 0.717) is 44.6 Å². The van der Waals surface area contributed by atoms with E-state index in [9.17, 15) is 14.4 Å². The minimum atomic E-state index is -0.777. The van der Waals surface area contributed by atoms with E-state index < -0.39 is 12.1 Å². The van der Waals surface area contributed by atoms with Crippen molar-refractivity contribution in [1.29, 1.82) is 0 Å². The molecular weight excluding hydrogens is 458 g/mol. The second-order valence-electron chi connectivity index (χ2n) is 9.14. The van der Waals surface area contributed by atoms with E-state index in [-0.39, 0.29) is 17.7 Å². The molecule has 1 aromatic heterocycles. The fourth-order valence-corrected chi connectivity index (χ4v) is 4.19. The zero-order chi connectivity index (χ0) is 25.9. The van der Waals surface area contributed by atoms with Crippen molar-refractivity contribution >= 4 is 17.7 Å². The van der Waals surface area contributed by atoms with Gasteiger partial charge in [-0.2, -0.15) is 0 Å². The molecule has 36 heavy (non-hydrogen) atoms. The Morgan fingerprint density at radius 3 is 2.50 bits per heavy atom. The third-order valence-corrected chi connectivity index (χ3v) is 6.48. The third kappa shape index (κ3) is 8.05. The Balaban J connectivity index is 1.74. The summed E-state index contributed by atoms with van der Waals surface area (Å²) in [6, 6.07) is 11.8. The van der Waals surface area contributed by atoms with Crippen molar-refractivity contribution in [2.45, 2.75) is 51.2 Å². The first kappa shape index (κ1) is 27.1. The Kier molecular flexibility index (Phi) is 10.2. The molecule has 0 bridgehead atoms. The monoisotopic (exact) mass is 495 g/mol. The lowest BCUT2D eigenvalue weighted by Gasteiger charge is -2.29. The highest BCUT2D eigenvalue weighted by atomic mass is 16.5. The normalized spacial score (nSPS) is 21.2. The number of likely N-dealkylation sites (N-methyl/N-ethyl adjacent to an activating group) is 1. The number of nitrogens with one attached hydrogen (secondary N) is 2. The maximum absolute atomic E-state index is 13.4. The molecule has 2 N–H and O–H groups in total. The molecule has 2 atom stereocenters. The molecule has 1 aliphatic rings. The molecule has 3 rings (SSSR count). The van der Waals surface area contributed by atoms with E-state index in [0.717, 1.165) is 24.2 Å². The van der Waals surface area contributed by atoms with Crippen LogP contribution >= 0.6 is 0 Å². The Labute approximate surface area is 213 Å². The molecule has 194 valence electrons. The summed E-state index contributed by atoms with van der Waals surface area (Å²) < 4.78 is 5.21. The summed E-state index contributed by atoms with van der Waals surface area (Å²) in [5, 5.41) is 5.87. The summed E-state index contributed by atoms with van der Waals surface area (Å²) >= 11 is 0. The molecule has 0 spiro atoms. The average molecular weight is 496 g/mol. The molecule has 1 aromatic carbocycles. The van der Waals surface area contributed by atoms with Crippen LogP contribution in [0.2, 0.25) is 0 Å². The van der Waals surface area contributed by atoms with Crippen LogP contribution in [0, 0.1) is 0 Å². The predicted octanol–water partition coefficient (Wildman–Crippen LogP) is 1.77. The lowest BCUT2D eigenvalue weighted by atomic mass is 10.0. The second kappa shape index (κ2) is 13.6. The van der Waals surface area contributed by atoms with Gasteiger partial charge in [0.1, 0.15) is 17.8 Å². The number of rotatable bonds is 5. The molecule has 9 heteroatoms. The number of amides is 3. The van der Waals surface area contributed by atoms with Gasteiger partial charge in [-0.1, -0.05) is 18.2 Å². The van der Waals surface area contributed by atoms with Gasteiger partial charge in [0.25, 0.3) is 0 Å². The maximum Gasteiger partial charge on any atom is 0.245 e. The van der Waals surface area contributed by atoms with Crippen molar-refractivity contribution in [3.8, 4) is 5.75 Å². The highest BCUT2D eigenvalue weighted by Gasteiger charge is 2.30. The van der Waals surface area contributed by atoms with Crippen LogP contribution in [0.3, 0.4) is 0 Å². The average Bonchev–Trinajstić information content (AvgIpc) is 2.89. The van der Waals surface area contributed by atoms with Gasteiger partial charge in [-0.25, -0.2) is 0 Å². The number of hydrogen-bond acceptors (Lipinski definition) is 6. The molecule has 0 radical (unpaired) electrons. The molecule has 0 unspecified atom stereocenters. The topological polar surface area (TPSA) is 104 Å². The quantitative estimate of drug-likeness (QED) is 0.655. The SMILES string of the molecule is COc1ccc(C[C@@H]2NC(=O)CCCN(Cc3ccccn3)CCCNC(=O)[C@H](C)N(C)C2=O)cc1.